The molecule has 264 valence electrons. The SMILES string of the molecule is COc1c(NC(=O)c2ccccc2OCc2ccccc2)ccc(C(=O)N(C)/C=C/c2ccc(C(=O)N3CCN(C)CC3)cc2)c1-c1ccccc1. The van der Waals surface area contributed by atoms with E-state index in [1.807, 2.05) is 102 Å². The Morgan fingerprint density at radius 1 is 0.769 bits per heavy atom. The number of para-hydroxylation sites is 1. The van der Waals surface area contributed by atoms with Gasteiger partial charge in [0.15, 0.2) is 5.75 Å². The van der Waals surface area contributed by atoms with Gasteiger partial charge < -0.3 is 29.5 Å². The third kappa shape index (κ3) is 8.39. The minimum atomic E-state index is -0.378. The Bertz CT molecular complexity index is 2040. The second-order valence-corrected chi connectivity index (χ2v) is 12.6. The Hall–Kier alpha value is -6.19. The summed E-state index contributed by atoms with van der Waals surface area (Å²) >= 11 is 0. The largest absolute Gasteiger partial charge is 0.494 e. The molecule has 1 N–H and O–H groups in total. The first-order valence-electron chi connectivity index (χ1n) is 17.2. The minimum absolute atomic E-state index is 0.0264. The van der Waals surface area contributed by atoms with Crippen LogP contribution >= 0.6 is 0 Å². The van der Waals surface area contributed by atoms with Gasteiger partial charge in [-0.25, -0.2) is 0 Å². The summed E-state index contributed by atoms with van der Waals surface area (Å²) in [6, 6.07) is 37.0. The summed E-state index contributed by atoms with van der Waals surface area (Å²) in [4.78, 5) is 46.3. The van der Waals surface area contributed by atoms with E-state index in [1.165, 1.54) is 12.0 Å². The van der Waals surface area contributed by atoms with Crippen LogP contribution in [0.2, 0.25) is 0 Å². The lowest BCUT2D eigenvalue weighted by molar-refractivity contribution is 0.0663. The van der Waals surface area contributed by atoms with E-state index in [0.29, 0.717) is 59.1 Å². The van der Waals surface area contributed by atoms with Gasteiger partial charge in [-0.05, 0) is 66.2 Å². The maximum atomic E-state index is 14.0. The maximum absolute atomic E-state index is 14.0. The van der Waals surface area contributed by atoms with Crippen molar-refractivity contribution in [3.8, 4) is 22.6 Å². The van der Waals surface area contributed by atoms with E-state index in [9.17, 15) is 14.4 Å². The number of benzene rings is 5. The highest BCUT2D eigenvalue weighted by Crippen LogP contribution is 2.40. The van der Waals surface area contributed by atoms with Crippen LogP contribution in [0.3, 0.4) is 0 Å². The Morgan fingerprint density at radius 3 is 2.12 bits per heavy atom. The molecule has 0 saturated carbocycles. The molecule has 0 radical (unpaired) electrons. The molecule has 5 aromatic rings. The molecule has 1 aliphatic rings. The highest BCUT2D eigenvalue weighted by Gasteiger charge is 2.24. The summed E-state index contributed by atoms with van der Waals surface area (Å²) in [6.45, 7) is 3.47. The molecule has 6 rings (SSSR count). The van der Waals surface area contributed by atoms with E-state index in [0.717, 1.165) is 29.8 Å². The summed E-state index contributed by atoms with van der Waals surface area (Å²) in [5.41, 5.74) is 4.94. The van der Waals surface area contributed by atoms with Crippen molar-refractivity contribution in [2.24, 2.45) is 0 Å². The number of hydrogen-bond donors (Lipinski definition) is 1. The third-order valence-electron chi connectivity index (χ3n) is 9.03. The number of methoxy groups -OCH3 is 1. The molecule has 0 aromatic heterocycles. The Kier molecular flexibility index (Phi) is 11.4. The number of ether oxygens (including phenoxy) is 2. The van der Waals surface area contributed by atoms with Crippen molar-refractivity contribution in [1.82, 2.24) is 14.7 Å². The van der Waals surface area contributed by atoms with Crippen molar-refractivity contribution in [2.45, 2.75) is 6.61 Å². The van der Waals surface area contributed by atoms with E-state index < -0.39 is 0 Å². The molecule has 1 saturated heterocycles. The quantitative estimate of drug-likeness (QED) is 0.156. The van der Waals surface area contributed by atoms with Crippen molar-refractivity contribution in [2.75, 3.05) is 52.7 Å². The summed E-state index contributed by atoms with van der Waals surface area (Å²) in [5, 5.41) is 2.99. The Morgan fingerprint density at radius 2 is 1.42 bits per heavy atom. The van der Waals surface area contributed by atoms with Gasteiger partial charge in [0.1, 0.15) is 12.4 Å². The number of anilines is 1. The van der Waals surface area contributed by atoms with Crippen LogP contribution in [0, 0.1) is 0 Å². The molecule has 9 nitrogen and oxygen atoms in total. The highest BCUT2D eigenvalue weighted by molar-refractivity contribution is 6.09. The third-order valence-corrected chi connectivity index (χ3v) is 9.03. The molecule has 0 atom stereocenters. The van der Waals surface area contributed by atoms with Gasteiger partial charge in [0.25, 0.3) is 17.7 Å². The van der Waals surface area contributed by atoms with Gasteiger partial charge in [0, 0.05) is 50.6 Å². The predicted molar refractivity (Wildman–Crippen MR) is 205 cm³/mol. The van der Waals surface area contributed by atoms with Crippen molar-refractivity contribution < 1.29 is 23.9 Å². The number of likely N-dealkylation sites (N-methyl/N-ethyl adjacent to an activating group) is 1. The second-order valence-electron chi connectivity index (χ2n) is 12.6. The fraction of sp³-hybridized carbons (Fsp3) is 0.186. The Labute approximate surface area is 304 Å². The van der Waals surface area contributed by atoms with Gasteiger partial charge in [-0.1, -0.05) is 84.9 Å². The number of hydrogen-bond acceptors (Lipinski definition) is 6. The molecule has 1 aliphatic heterocycles. The number of rotatable bonds is 11. The smallest absolute Gasteiger partial charge is 0.259 e. The lowest BCUT2D eigenvalue weighted by atomic mass is 9.96. The summed E-state index contributed by atoms with van der Waals surface area (Å²) in [7, 11) is 5.27. The van der Waals surface area contributed by atoms with Crippen molar-refractivity contribution >= 4 is 29.5 Å². The van der Waals surface area contributed by atoms with Crippen LogP contribution in [0.25, 0.3) is 17.2 Å². The zero-order chi connectivity index (χ0) is 36.5. The Balaban J connectivity index is 1.22. The molecule has 52 heavy (non-hydrogen) atoms. The first-order valence-corrected chi connectivity index (χ1v) is 17.2. The van der Waals surface area contributed by atoms with Crippen LogP contribution in [-0.2, 0) is 6.61 Å². The summed E-state index contributed by atoms with van der Waals surface area (Å²) in [5.74, 6) is 0.177. The van der Waals surface area contributed by atoms with Crippen molar-refractivity contribution in [1.29, 1.82) is 0 Å². The molecule has 3 amide bonds. The molecule has 1 fully saturated rings. The first-order chi connectivity index (χ1) is 25.3. The maximum Gasteiger partial charge on any atom is 0.259 e. The van der Waals surface area contributed by atoms with E-state index in [-0.39, 0.29) is 17.7 Å². The van der Waals surface area contributed by atoms with Crippen LogP contribution in [0.15, 0.2) is 128 Å². The number of nitrogens with one attached hydrogen (secondary N) is 1. The zero-order valence-corrected chi connectivity index (χ0v) is 29.6. The average molecular weight is 695 g/mol. The lowest BCUT2D eigenvalue weighted by Gasteiger charge is -2.32. The van der Waals surface area contributed by atoms with Crippen molar-refractivity contribution in [3.05, 3.63) is 155 Å². The minimum Gasteiger partial charge on any atom is -0.494 e. The molecule has 0 unspecified atom stereocenters. The van der Waals surface area contributed by atoms with Crippen LogP contribution in [0.1, 0.15) is 42.2 Å². The zero-order valence-electron chi connectivity index (χ0n) is 29.6. The summed E-state index contributed by atoms with van der Waals surface area (Å²) < 4.78 is 12.0. The molecule has 0 spiro atoms. The highest BCUT2D eigenvalue weighted by atomic mass is 16.5. The van der Waals surface area contributed by atoms with Crippen LogP contribution < -0.4 is 14.8 Å². The number of nitrogens with zero attached hydrogens (tertiary/aromatic N) is 3. The molecule has 1 heterocycles. The molecular weight excluding hydrogens is 652 g/mol. The number of amides is 3. The van der Waals surface area contributed by atoms with Gasteiger partial charge in [-0.3, -0.25) is 14.4 Å². The topological polar surface area (TPSA) is 91.4 Å². The van der Waals surface area contributed by atoms with E-state index >= 15 is 0 Å². The van der Waals surface area contributed by atoms with Gasteiger partial charge in [-0.2, -0.15) is 0 Å². The van der Waals surface area contributed by atoms with E-state index in [2.05, 4.69) is 17.3 Å². The van der Waals surface area contributed by atoms with E-state index in [1.54, 1.807) is 43.6 Å². The average Bonchev–Trinajstić information content (AvgIpc) is 3.19. The fourth-order valence-corrected chi connectivity index (χ4v) is 6.05. The monoisotopic (exact) mass is 694 g/mol. The van der Waals surface area contributed by atoms with Gasteiger partial charge >= 0.3 is 0 Å². The number of piperazine rings is 1. The standard InChI is InChI=1S/C43H42N4O5/c1-45-26-28-47(29-27-45)42(49)34-20-18-31(19-21-34)24-25-46(2)43(50)36-22-23-37(40(51-3)39(36)33-14-8-5-9-15-33)44-41(48)35-16-10-11-17-38(35)52-30-32-12-6-4-7-13-32/h4-25H,26-30H2,1-3H3,(H,44,48)/b25-24+. The van der Waals surface area contributed by atoms with Crippen molar-refractivity contribution in [3.63, 3.8) is 0 Å². The predicted octanol–water partition coefficient (Wildman–Crippen LogP) is 7.32. The van der Waals surface area contributed by atoms with Crippen LogP contribution in [0.5, 0.6) is 11.5 Å². The van der Waals surface area contributed by atoms with Gasteiger partial charge in [0.2, 0.25) is 0 Å². The lowest BCUT2D eigenvalue weighted by Crippen LogP contribution is -2.47. The van der Waals surface area contributed by atoms with Crippen LogP contribution in [0.4, 0.5) is 5.69 Å². The fourth-order valence-electron chi connectivity index (χ4n) is 6.05. The summed E-state index contributed by atoms with van der Waals surface area (Å²) in [6.07, 6.45) is 3.52. The van der Waals surface area contributed by atoms with E-state index in [4.69, 9.17) is 9.47 Å². The number of carbonyl (C=O) groups is 3. The molecule has 9 heteroatoms. The van der Waals surface area contributed by atoms with Gasteiger partial charge in [0.05, 0.1) is 23.9 Å². The number of carbonyl (C=O) groups excluding carboxylic acids is 3. The van der Waals surface area contributed by atoms with Crippen LogP contribution in [-0.4, -0.2) is 79.8 Å². The molecule has 0 bridgehead atoms. The molecule has 0 aliphatic carbocycles. The van der Waals surface area contributed by atoms with Gasteiger partial charge in [-0.15, -0.1) is 0 Å². The molecule has 5 aromatic carbocycles. The second kappa shape index (κ2) is 16.7. The normalized spacial score (nSPS) is 13.1. The molecular formula is C43H42N4O5. The first kappa shape index (κ1) is 35.6.